The molecule has 0 bridgehead atoms. The zero-order valence-electron chi connectivity index (χ0n) is 12.2. The van der Waals surface area contributed by atoms with E-state index in [0.29, 0.717) is 31.6 Å². The van der Waals surface area contributed by atoms with E-state index in [1.165, 1.54) is 18.2 Å². The zero-order valence-corrected chi connectivity index (χ0v) is 12.2. The number of carbonyl (C=O) groups is 2. The Labute approximate surface area is 131 Å². The van der Waals surface area contributed by atoms with E-state index in [-0.39, 0.29) is 17.8 Å². The third kappa shape index (κ3) is 5.28. The van der Waals surface area contributed by atoms with E-state index in [0.717, 1.165) is 0 Å². The van der Waals surface area contributed by atoms with Crippen LogP contribution in [-0.2, 0) is 0 Å². The molecule has 3 amide bonds. The average Bonchev–Trinajstić information content (AvgIpc) is 2.47. The molecule has 0 unspecified atom stereocenters. The molecule has 0 radical (unpaired) electrons. The Bertz CT molecular complexity index is 563. The maximum atomic E-state index is 12.2. The number of hydrogen-bond donors (Lipinski definition) is 3. The number of anilines is 1. The first kappa shape index (κ1) is 16.8. The number of piperidine rings is 1. The van der Waals surface area contributed by atoms with Crippen LogP contribution in [0.3, 0.4) is 0 Å². The van der Waals surface area contributed by atoms with Gasteiger partial charge in [0.15, 0.2) is 0 Å². The number of urea groups is 1. The highest BCUT2D eigenvalue weighted by atomic mass is 19.3. The van der Waals surface area contributed by atoms with Gasteiger partial charge in [-0.3, -0.25) is 0 Å². The molecule has 2 rings (SSSR count). The third-order valence-corrected chi connectivity index (χ3v) is 3.42. The minimum absolute atomic E-state index is 0.0397. The second kappa shape index (κ2) is 7.61. The number of likely N-dealkylation sites (tertiary alicyclic amines) is 1. The van der Waals surface area contributed by atoms with Crippen LogP contribution >= 0.6 is 0 Å². The highest BCUT2D eigenvalue weighted by Crippen LogP contribution is 2.20. The lowest BCUT2D eigenvalue weighted by Crippen LogP contribution is -2.47. The number of nitrogens with one attached hydrogen (secondary N) is 2. The molecule has 3 N–H and O–H groups in total. The predicted octanol–water partition coefficient (Wildman–Crippen LogP) is 2.55. The van der Waals surface area contributed by atoms with Gasteiger partial charge in [-0.05, 0) is 25.0 Å². The molecule has 1 fully saturated rings. The number of nitrogens with zero attached hydrogens (tertiary/aromatic N) is 1. The quantitative estimate of drug-likeness (QED) is 0.792. The van der Waals surface area contributed by atoms with Gasteiger partial charge in [0.05, 0.1) is 0 Å². The van der Waals surface area contributed by atoms with Crippen molar-refractivity contribution in [2.45, 2.75) is 25.5 Å². The summed E-state index contributed by atoms with van der Waals surface area (Å²) in [4.78, 5) is 24.2. The van der Waals surface area contributed by atoms with Crippen LogP contribution in [0.2, 0.25) is 0 Å². The van der Waals surface area contributed by atoms with E-state index in [9.17, 15) is 18.4 Å². The molecule has 1 aromatic rings. The molecule has 7 nitrogen and oxygen atoms in total. The summed E-state index contributed by atoms with van der Waals surface area (Å²) in [6.45, 7) is -2.12. The van der Waals surface area contributed by atoms with Crippen molar-refractivity contribution < 1.29 is 28.2 Å². The Hall–Kier alpha value is -2.58. The number of amides is 3. The van der Waals surface area contributed by atoms with Crippen molar-refractivity contribution in [3.63, 3.8) is 0 Å². The largest absolute Gasteiger partial charge is 0.465 e. The van der Waals surface area contributed by atoms with E-state index in [1.807, 2.05) is 0 Å². The summed E-state index contributed by atoms with van der Waals surface area (Å²) >= 11 is 0. The SMILES string of the molecule is O=C(O)NC1CCN(C(=O)Nc2cccc(OC(F)F)c2)CC1. The fourth-order valence-corrected chi connectivity index (χ4v) is 2.35. The van der Waals surface area contributed by atoms with Crippen molar-refractivity contribution in [3.8, 4) is 5.75 Å². The van der Waals surface area contributed by atoms with Crippen LogP contribution in [0.15, 0.2) is 24.3 Å². The molecular weight excluding hydrogens is 312 g/mol. The van der Waals surface area contributed by atoms with Gasteiger partial charge < -0.3 is 25.4 Å². The number of alkyl halides is 2. The normalized spacial score (nSPS) is 15.3. The molecule has 1 aliphatic rings. The van der Waals surface area contributed by atoms with Crippen LogP contribution in [-0.4, -0.2) is 47.9 Å². The highest BCUT2D eigenvalue weighted by Gasteiger charge is 2.23. The first-order valence-corrected chi connectivity index (χ1v) is 7.04. The second-order valence-electron chi connectivity index (χ2n) is 5.05. The summed E-state index contributed by atoms with van der Waals surface area (Å²) in [5.41, 5.74) is 0.346. The van der Waals surface area contributed by atoms with Gasteiger partial charge in [0.1, 0.15) is 5.75 Å². The van der Waals surface area contributed by atoms with Gasteiger partial charge in [-0.2, -0.15) is 8.78 Å². The van der Waals surface area contributed by atoms with Crippen LogP contribution in [0.25, 0.3) is 0 Å². The number of benzene rings is 1. The van der Waals surface area contributed by atoms with Gasteiger partial charge in [0.25, 0.3) is 0 Å². The van der Waals surface area contributed by atoms with Crippen molar-refractivity contribution in [2.75, 3.05) is 18.4 Å². The monoisotopic (exact) mass is 329 g/mol. The smallest absolute Gasteiger partial charge is 0.404 e. The summed E-state index contributed by atoms with van der Waals surface area (Å²) in [6.07, 6.45) is -0.0357. The van der Waals surface area contributed by atoms with Crippen molar-refractivity contribution in [1.82, 2.24) is 10.2 Å². The summed E-state index contributed by atoms with van der Waals surface area (Å²) in [6, 6.07) is 5.20. The molecule has 1 aromatic carbocycles. The number of rotatable bonds is 4. The Morgan fingerprint density at radius 3 is 2.61 bits per heavy atom. The van der Waals surface area contributed by atoms with E-state index in [1.54, 1.807) is 11.0 Å². The van der Waals surface area contributed by atoms with Gasteiger partial charge in [0.2, 0.25) is 0 Å². The molecule has 126 valence electrons. The van der Waals surface area contributed by atoms with Crippen molar-refractivity contribution >= 4 is 17.8 Å². The number of carboxylic acid groups (broad SMARTS) is 1. The van der Waals surface area contributed by atoms with Gasteiger partial charge in [0, 0.05) is 30.9 Å². The fraction of sp³-hybridized carbons (Fsp3) is 0.429. The number of halogens is 2. The topological polar surface area (TPSA) is 90.9 Å². The van der Waals surface area contributed by atoms with Crippen molar-refractivity contribution in [1.29, 1.82) is 0 Å². The first-order valence-electron chi connectivity index (χ1n) is 7.04. The lowest BCUT2D eigenvalue weighted by molar-refractivity contribution is -0.0498. The molecule has 1 saturated heterocycles. The van der Waals surface area contributed by atoms with E-state index in [2.05, 4.69) is 15.4 Å². The summed E-state index contributed by atoms with van der Waals surface area (Å²) in [5, 5.41) is 13.6. The number of carbonyl (C=O) groups excluding carboxylic acids is 1. The fourth-order valence-electron chi connectivity index (χ4n) is 2.35. The van der Waals surface area contributed by atoms with E-state index in [4.69, 9.17) is 5.11 Å². The van der Waals surface area contributed by atoms with Crippen molar-refractivity contribution in [3.05, 3.63) is 24.3 Å². The Kier molecular flexibility index (Phi) is 5.56. The predicted molar refractivity (Wildman–Crippen MR) is 77.8 cm³/mol. The molecule has 0 aromatic heterocycles. The highest BCUT2D eigenvalue weighted by molar-refractivity contribution is 5.89. The molecule has 1 heterocycles. The zero-order chi connectivity index (χ0) is 16.8. The molecule has 0 aliphatic carbocycles. The summed E-state index contributed by atoms with van der Waals surface area (Å²) in [7, 11) is 0. The molecule has 9 heteroatoms. The van der Waals surface area contributed by atoms with Crippen LogP contribution in [0, 0.1) is 0 Å². The lowest BCUT2D eigenvalue weighted by atomic mass is 10.1. The van der Waals surface area contributed by atoms with Crippen LogP contribution in [0.5, 0.6) is 5.75 Å². The second-order valence-corrected chi connectivity index (χ2v) is 5.05. The summed E-state index contributed by atoms with van der Waals surface area (Å²) < 4.78 is 28.6. The molecular formula is C14H17F2N3O4. The van der Waals surface area contributed by atoms with Crippen LogP contribution < -0.4 is 15.4 Å². The van der Waals surface area contributed by atoms with E-state index < -0.39 is 12.7 Å². The number of ether oxygens (including phenoxy) is 1. The first-order chi connectivity index (χ1) is 10.9. The average molecular weight is 329 g/mol. The van der Waals surface area contributed by atoms with Gasteiger partial charge in [-0.15, -0.1) is 0 Å². The third-order valence-electron chi connectivity index (χ3n) is 3.42. The van der Waals surface area contributed by atoms with Gasteiger partial charge in [-0.1, -0.05) is 6.07 Å². The molecule has 23 heavy (non-hydrogen) atoms. The van der Waals surface area contributed by atoms with Crippen LogP contribution in [0.4, 0.5) is 24.1 Å². The Balaban J connectivity index is 1.86. The Morgan fingerprint density at radius 2 is 2.00 bits per heavy atom. The molecule has 0 atom stereocenters. The minimum Gasteiger partial charge on any atom is -0.465 e. The maximum Gasteiger partial charge on any atom is 0.404 e. The molecule has 0 saturated carbocycles. The summed E-state index contributed by atoms with van der Waals surface area (Å²) in [5.74, 6) is -0.0397. The van der Waals surface area contributed by atoms with Crippen LogP contribution in [0.1, 0.15) is 12.8 Å². The standard InChI is InChI=1S/C14H17F2N3O4/c15-12(16)23-11-3-1-2-10(8-11)17-13(20)19-6-4-9(5-7-19)18-14(21)22/h1-3,8-9,12,18H,4-7H2,(H,17,20)(H,21,22). The maximum absolute atomic E-state index is 12.2. The lowest BCUT2D eigenvalue weighted by Gasteiger charge is -2.31. The minimum atomic E-state index is -2.93. The number of hydrogen-bond acceptors (Lipinski definition) is 3. The van der Waals surface area contributed by atoms with E-state index >= 15 is 0 Å². The van der Waals surface area contributed by atoms with Gasteiger partial charge in [-0.25, -0.2) is 9.59 Å². The molecule has 0 spiro atoms. The van der Waals surface area contributed by atoms with Crippen molar-refractivity contribution in [2.24, 2.45) is 0 Å². The van der Waals surface area contributed by atoms with Gasteiger partial charge >= 0.3 is 18.7 Å². The molecule has 1 aliphatic heterocycles. The Morgan fingerprint density at radius 1 is 1.30 bits per heavy atom.